The lowest BCUT2D eigenvalue weighted by molar-refractivity contribution is -0.125. The van der Waals surface area contributed by atoms with E-state index in [2.05, 4.69) is 10.2 Å². The predicted molar refractivity (Wildman–Crippen MR) is 52.3 cm³/mol. The fraction of sp³-hybridized carbons (Fsp3) is 0.889. The Morgan fingerprint density at radius 3 is 2.92 bits per heavy atom. The molecule has 2 atom stereocenters. The van der Waals surface area contributed by atoms with Crippen LogP contribution in [0.15, 0.2) is 0 Å². The zero-order chi connectivity index (χ0) is 9.84. The van der Waals surface area contributed by atoms with Crippen LogP contribution >= 0.6 is 0 Å². The first-order chi connectivity index (χ1) is 6.15. The Balaban J connectivity index is 2.45. The first-order valence-corrected chi connectivity index (χ1v) is 4.86. The van der Waals surface area contributed by atoms with Crippen molar-refractivity contribution in [2.45, 2.75) is 31.8 Å². The van der Waals surface area contributed by atoms with Gasteiger partial charge in [-0.15, -0.1) is 0 Å². The smallest absolute Gasteiger partial charge is 0.236 e. The average molecular weight is 185 g/mol. The van der Waals surface area contributed by atoms with Crippen molar-refractivity contribution >= 4 is 5.91 Å². The molecule has 1 aliphatic heterocycles. The molecule has 0 aliphatic carbocycles. The second-order valence-electron chi connectivity index (χ2n) is 3.69. The lowest BCUT2D eigenvalue weighted by Crippen LogP contribution is -2.51. The van der Waals surface area contributed by atoms with Crippen LogP contribution in [0, 0.1) is 0 Å². The van der Waals surface area contributed by atoms with Crippen LogP contribution in [0.2, 0.25) is 0 Å². The van der Waals surface area contributed by atoms with E-state index in [9.17, 15) is 4.79 Å². The summed E-state index contributed by atoms with van der Waals surface area (Å²) in [5.74, 6) is 0.0779. The minimum Gasteiger partial charge on any atom is -0.358 e. The number of piperidine rings is 1. The molecular formula is C9H19N3O. The van der Waals surface area contributed by atoms with Crippen LogP contribution in [0.4, 0.5) is 0 Å². The molecule has 1 rings (SSSR count). The van der Waals surface area contributed by atoms with Crippen molar-refractivity contribution in [2.75, 3.05) is 20.1 Å². The summed E-state index contributed by atoms with van der Waals surface area (Å²) in [5, 5.41) is 2.66. The molecule has 1 aliphatic rings. The van der Waals surface area contributed by atoms with E-state index in [1.165, 1.54) is 0 Å². The highest BCUT2D eigenvalue weighted by atomic mass is 16.2. The number of rotatable bonds is 2. The van der Waals surface area contributed by atoms with E-state index in [1.54, 1.807) is 7.05 Å². The van der Waals surface area contributed by atoms with Crippen molar-refractivity contribution in [1.82, 2.24) is 10.2 Å². The fourth-order valence-corrected chi connectivity index (χ4v) is 1.77. The highest BCUT2D eigenvalue weighted by Gasteiger charge is 2.24. The normalized spacial score (nSPS) is 26.8. The molecule has 0 aromatic heterocycles. The Kier molecular flexibility index (Phi) is 3.69. The summed E-state index contributed by atoms with van der Waals surface area (Å²) in [6, 6.07) is 0.192. The molecule has 13 heavy (non-hydrogen) atoms. The van der Waals surface area contributed by atoms with E-state index in [4.69, 9.17) is 5.73 Å². The maximum atomic E-state index is 11.3. The molecule has 1 heterocycles. The van der Waals surface area contributed by atoms with Gasteiger partial charge in [-0.25, -0.2) is 0 Å². The summed E-state index contributed by atoms with van der Waals surface area (Å²) in [6.07, 6.45) is 2.18. The van der Waals surface area contributed by atoms with Crippen molar-refractivity contribution in [3.05, 3.63) is 0 Å². The standard InChI is InChI=1S/C9H19N3O/c1-7(9(13)11-2)12-5-3-4-8(10)6-12/h7-8H,3-6,10H2,1-2H3,(H,11,13)/t7?,8-/m1/s1. The van der Waals surface area contributed by atoms with Crippen molar-refractivity contribution < 1.29 is 4.79 Å². The summed E-state index contributed by atoms with van der Waals surface area (Å²) in [6.45, 7) is 3.76. The average Bonchev–Trinajstić information content (AvgIpc) is 2.15. The van der Waals surface area contributed by atoms with Crippen LogP contribution in [0.3, 0.4) is 0 Å². The van der Waals surface area contributed by atoms with Crippen molar-refractivity contribution in [3.8, 4) is 0 Å². The highest BCUT2D eigenvalue weighted by Crippen LogP contribution is 2.11. The van der Waals surface area contributed by atoms with Gasteiger partial charge < -0.3 is 11.1 Å². The topological polar surface area (TPSA) is 58.4 Å². The number of nitrogens with two attached hydrogens (primary N) is 1. The summed E-state index contributed by atoms with van der Waals surface area (Å²) < 4.78 is 0. The number of carbonyl (C=O) groups is 1. The molecule has 1 saturated heterocycles. The third-order valence-electron chi connectivity index (χ3n) is 2.66. The fourth-order valence-electron chi connectivity index (χ4n) is 1.77. The van der Waals surface area contributed by atoms with Gasteiger partial charge in [0, 0.05) is 19.6 Å². The van der Waals surface area contributed by atoms with Crippen molar-refractivity contribution in [1.29, 1.82) is 0 Å². The van der Waals surface area contributed by atoms with Crippen LogP contribution in [0.1, 0.15) is 19.8 Å². The Labute approximate surface area is 79.5 Å². The Bertz CT molecular complexity index is 184. The largest absolute Gasteiger partial charge is 0.358 e. The molecule has 0 spiro atoms. The molecule has 0 saturated carbocycles. The zero-order valence-electron chi connectivity index (χ0n) is 8.42. The van der Waals surface area contributed by atoms with Crippen LogP contribution in [-0.2, 0) is 4.79 Å². The number of nitrogens with zero attached hydrogens (tertiary/aromatic N) is 1. The first-order valence-electron chi connectivity index (χ1n) is 4.86. The number of likely N-dealkylation sites (tertiary alicyclic amines) is 1. The van der Waals surface area contributed by atoms with Crippen LogP contribution in [0.5, 0.6) is 0 Å². The minimum atomic E-state index is -0.0450. The van der Waals surface area contributed by atoms with Gasteiger partial charge in [-0.3, -0.25) is 9.69 Å². The zero-order valence-corrected chi connectivity index (χ0v) is 8.42. The number of likely N-dealkylation sites (N-methyl/N-ethyl adjacent to an activating group) is 1. The van der Waals surface area contributed by atoms with Crippen LogP contribution < -0.4 is 11.1 Å². The quantitative estimate of drug-likeness (QED) is 0.612. The minimum absolute atomic E-state index is 0.0450. The molecule has 4 heteroatoms. The molecule has 3 N–H and O–H groups in total. The van der Waals surface area contributed by atoms with E-state index in [-0.39, 0.29) is 18.0 Å². The summed E-state index contributed by atoms with van der Waals surface area (Å²) in [5.41, 5.74) is 5.83. The molecule has 1 fully saturated rings. The van der Waals surface area contributed by atoms with Gasteiger partial charge >= 0.3 is 0 Å². The van der Waals surface area contributed by atoms with E-state index in [1.807, 2.05) is 6.92 Å². The van der Waals surface area contributed by atoms with Crippen molar-refractivity contribution in [2.24, 2.45) is 5.73 Å². The van der Waals surface area contributed by atoms with Gasteiger partial charge in [0.2, 0.25) is 5.91 Å². The molecule has 0 radical (unpaired) electrons. The predicted octanol–water partition coefficient (Wildman–Crippen LogP) is -0.456. The van der Waals surface area contributed by atoms with E-state index >= 15 is 0 Å². The maximum Gasteiger partial charge on any atom is 0.236 e. The monoisotopic (exact) mass is 185 g/mol. The second kappa shape index (κ2) is 4.58. The van der Waals surface area contributed by atoms with Gasteiger partial charge in [-0.05, 0) is 26.3 Å². The molecule has 76 valence electrons. The summed E-state index contributed by atoms with van der Waals surface area (Å²) in [7, 11) is 1.67. The lowest BCUT2D eigenvalue weighted by atomic mass is 10.0. The second-order valence-corrected chi connectivity index (χ2v) is 3.69. The molecule has 4 nitrogen and oxygen atoms in total. The molecule has 0 bridgehead atoms. The van der Waals surface area contributed by atoms with E-state index in [0.717, 1.165) is 25.9 Å². The van der Waals surface area contributed by atoms with Gasteiger partial charge in [-0.1, -0.05) is 0 Å². The summed E-state index contributed by atoms with van der Waals surface area (Å²) in [4.78, 5) is 13.5. The molecule has 0 aromatic carbocycles. The number of nitrogens with one attached hydrogen (secondary N) is 1. The Morgan fingerprint density at radius 1 is 1.69 bits per heavy atom. The molecule has 1 unspecified atom stereocenters. The number of amides is 1. The van der Waals surface area contributed by atoms with Crippen LogP contribution in [0.25, 0.3) is 0 Å². The Hall–Kier alpha value is -0.610. The Morgan fingerprint density at radius 2 is 2.38 bits per heavy atom. The van der Waals surface area contributed by atoms with Crippen molar-refractivity contribution in [3.63, 3.8) is 0 Å². The summed E-state index contributed by atoms with van der Waals surface area (Å²) >= 11 is 0. The third kappa shape index (κ3) is 2.67. The van der Waals surface area contributed by atoms with E-state index in [0.29, 0.717) is 0 Å². The molecule has 0 aromatic rings. The van der Waals surface area contributed by atoms with E-state index < -0.39 is 0 Å². The lowest BCUT2D eigenvalue weighted by Gasteiger charge is -2.34. The number of hydrogen-bond acceptors (Lipinski definition) is 3. The molecular weight excluding hydrogens is 166 g/mol. The van der Waals surface area contributed by atoms with Gasteiger partial charge in [-0.2, -0.15) is 0 Å². The number of hydrogen-bond donors (Lipinski definition) is 2. The number of carbonyl (C=O) groups excluding carboxylic acids is 1. The first kappa shape index (κ1) is 10.5. The molecule has 1 amide bonds. The maximum absolute atomic E-state index is 11.3. The van der Waals surface area contributed by atoms with Gasteiger partial charge in [0.05, 0.1) is 6.04 Å². The highest BCUT2D eigenvalue weighted by molar-refractivity contribution is 5.80. The van der Waals surface area contributed by atoms with Gasteiger partial charge in [0.15, 0.2) is 0 Å². The SMILES string of the molecule is CNC(=O)C(C)N1CCC[C@@H](N)C1. The van der Waals surface area contributed by atoms with Gasteiger partial charge in [0.25, 0.3) is 0 Å². The van der Waals surface area contributed by atoms with Crippen LogP contribution in [-0.4, -0.2) is 43.0 Å². The van der Waals surface area contributed by atoms with Gasteiger partial charge in [0.1, 0.15) is 0 Å². The third-order valence-corrected chi connectivity index (χ3v) is 2.66.